The van der Waals surface area contributed by atoms with E-state index in [2.05, 4.69) is 43.0 Å². The fourth-order valence-electron chi connectivity index (χ4n) is 7.71. The van der Waals surface area contributed by atoms with Crippen molar-refractivity contribution in [2.45, 2.75) is 65.3 Å². The minimum atomic E-state index is -0.146. The number of hydrogen-bond acceptors (Lipinski definition) is 3. The summed E-state index contributed by atoms with van der Waals surface area (Å²) < 4.78 is 1.75. The Labute approximate surface area is 173 Å². The van der Waals surface area contributed by atoms with Gasteiger partial charge in [0.2, 0.25) is 5.91 Å². The lowest BCUT2D eigenvalue weighted by Crippen LogP contribution is -2.60. The minimum absolute atomic E-state index is 0.0564. The Kier molecular flexibility index (Phi) is 4.00. The number of benzene rings is 1. The molecule has 0 aliphatic heterocycles. The van der Waals surface area contributed by atoms with Crippen LogP contribution < -0.4 is 0 Å². The van der Waals surface area contributed by atoms with Crippen LogP contribution in [-0.2, 0) is 4.79 Å². The number of nitrogens with zero attached hydrogens (tertiary/aromatic N) is 4. The molecule has 5 heteroatoms. The Morgan fingerprint density at radius 3 is 2.31 bits per heavy atom. The summed E-state index contributed by atoms with van der Waals surface area (Å²) in [6, 6.07) is 8.36. The summed E-state index contributed by atoms with van der Waals surface area (Å²) in [7, 11) is 2.00. The standard InChI is InChI=1S/C24H32N4O/c1-17(19-5-7-20(8-6-19)28-16-25-15-26-28)27(4)21(29)24-11-18-9-22(2,13-24)12-23(3,10-18)14-24/h5-8,15-18H,9-14H2,1-4H3. The van der Waals surface area contributed by atoms with Gasteiger partial charge in [-0.15, -0.1) is 0 Å². The van der Waals surface area contributed by atoms with Gasteiger partial charge in [-0.2, -0.15) is 5.10 Å². The third kappa shape index (κ3) is 3.01. The van der Waals surface area contributed by atoms with Crippen molar-refractivity contribution in [3.05, 3.63) is 42.5 Å². The first-order chi connectivity index (χ1) is 13.7. The third-order valence-corrected chi connectivity index (χ3v) is 8.04. The maximum absolute atomic E-state index is 13.9. The quantitative estimate of drug-likeness (QED) is 0.752. The Hall–Kier alpha value is -2.17. The zero-order chi connectivity index (χ0) is 20.4. The first-order valence-electron chi connectivity index (χ1n) is 10.9. The highest BCUT2D eigenvalue weighted by Crippen LogP contribution is 2.70. The number of carbonyl (C=O) groups is 1. The fraction of sp³-hybridized carbons (Fsp3) is 0.625. The van der Waals surface area contributed by atoms with Gasteiger partial charge < -0.3 is 4.90 Å². The Morgan fingerprint density at radius 2 is 1.76 bits per heavy atom. The molecule has 1 amide bonds. The summed E-state index contributed by atoms with van der Waals surface area (Å²) in [6.45, 7) is 7.01. The molecule has 4 aliphatic rings. The van der Waals surface area contributed by atoms with Crippen LogP contribution in [0.2, 0.25) is 0 Å². The van der Waals surface area contributed by atoms with E-state index in [1.54, 1.807) is 11.0 Å². The Morgan fingerprint density at radius 1 is 1.10 bits per heavy atom. The molecule has 4 bridgehead atoms. The van der Waals surface area contributed by atoms with Gasteiger partial charge in [-0.3, -0.25) is 4.79 Å². The number of aromatic nitrogens is 3. The summed E-state index contributed by atoms with van der Waals surface area (Å²) in [5.41, 5.74) is 2.70. The van der Waals surface area contributed by atoms with Gasteiger partial charge in [-0.1, -0.05) is 26.0 Å². The molecule has 1 aromatic heterocycles. The highest BCUT2D eigenvalue weighted by Gasteiger charge is 2.63. The monoisotopic (exact) mass is 392 g/mol. The summed E-state index contributed by atoms with van der Waals surface area (Å²) >= 11 is 0. The lowest BCUT2D eigenvalue weighted by molar-refractivity contribution is -0.180. The first kappa shape index (κ1) is 18.8. The summed E-state index contributed by atoms with van der Waals surface area (Å²) in [6.07, 6.45) is 10.4. The van der Waals surface area contributed by atoms with Crippen LogP contribution in [0.5, 0.6) is 0 Å². The molecule has 0 spiro atoms. The van der Waals surface area contributed by atoms with Crippen LogP contribution in [-0.4, -0.2) is 32.6 Å². The van der Waals surface area contributed by atoms with E-state index in [-0.39, 0.29) is 11.5 Å². The molecule has 5 nitrogen and oxygen atoms in total. The second-order valence-corrected chi connectivity index (χ2v) is 10.9. The molecule has 29 heavy (non-hydrogen) atoms. The van der Waals surface area contributed by atoms with E-state index in [0.717, 1.165) is 36.4 Å². The molecule has 4 aliphatic carbocycles. The highest BCUT2D eigenvalue weighted by atomic mass is 16.2. The van der Waals surface area contributed by atoms with Crippen molar-refractivity contribution in [1.82, 2.24) is 19.7 Å². The zero-order valence-corrected chi connectivity index (χ0v) is 18.1. The van der Waals surface area contributed by atoms with Crippen LogP contribution in [0.1, 0.15) is 70.9 Å². The van der Waals surface area contributed by atoms with Crippen molar-refractivity contribution in [1.29, 1.82) is 0 Å². The summed E-state index contributed by atoms with van der Waals surface area (Å²) in [5.74, 6) is 1.10. The SMILES string of the molecule is CC(c1ccc(-n2cncn2)cc1)N(C)C(=O)C12CC3CC(C)(CC(C)(C3)C1)C2. The second kappa shape index (κ2) is 6.16. The van der Waals surface area contributed by atoms with Crippen LogP contribution in [0, 0.1) is 22.2 Å². The van der Waals surface area contributed by atoms with Crippen molar-refractivity contribution in [2.75, 3.05) is 7.05 Å². The van der Waals surface area contributed by atoms with E-state index >= 15 is 0 Å². The molecule has 0 radical (unpaired) electrons. The third-order valence-electron chi connectivity index (χ3n) is 8.04. The second-order valence-electron chi connectivity index (χ2n) is 10.9. The van der Waals surface area contributed by atoms with Crippen LogP contribution in [0.15, 0.2) is 36.9 Å². The molecule has 154 valence electrons. The number of carbonyl (C=O) groups excluding carboxylic acids is 1. The van der Waals surface area contributed by atoms with Gasteiger partial charge in [0.05, 0.1) is 17.1 Å². The van der Waals surface area contributed by atoms with Crippen molar-refractivity contribution in [3.63, 3.8) is 0 Å². The van der Waals surface area contributed by atoms with Gasteiger partial charge >= 0.3 is 0 Å². The first-order valence-corrected chi connectivity index (χ1v) is 10.9. The van der Waals surface area contributed by atoms with Gasteiger partial charge in [-0.25, -0.2) is 9.67 Å². The van der Waals surface area contributed by atoms with Gasteiger partial charge in [0, 0.05) is 7.05 Å². The predicted octanol–water partition coefficient (Wildman–Crippen LogP) is 4.78. The summed E-state index contributed by atoms with van der Waals surface area (Å²) in [4.78, 5) is 19.9. The Balaban J connectivity index is 1.37. The van der Waals surface area contributed by atoms with Gasteiger partial charge in [0.1, 0.15) is 12.7 Å². The van der Waals surface area contributed by atoms with Crippen LogP contribution in [0.25, 0.3) is 5.69 Å². The Bertz CT molecular complexity index is 901. The largest absolute Gasteiger partial charge is 0.339 e. The topological polar surface area (TPSA) is 51.0 Å². The minimum Gasteiger partial charge on any atom is -0.339 e. The normalized spacial score (nSPS) is 36.2. The van der Waals surface area contributed by atoms with Gasteiger partial charge in [0.15, 0.2) is 0 Å². The molecule has 1 heterocycles. The molecule has 2 aromatic rings. The molecule has 6 rings (SSSR count). The van der Waals surface area contributed by atoms with Gasteiger partial charge in [-0.05, 0) is 79.9 Å². The molecule has 0 saturated heterocycles. The fourth-order valence-corrected chi connectivity index (χ4v) is 7.71. The van der Waals surface area contributed by atoms with Crippen molar-refractivity contribution < 1.29 is 4.79 Å². The van der Waals surface area contributed by atoms with Crippen LogP contribution >= 0.6 is 0 Å². The summed E-state index contributed by atoms with van der Waals surface area (Å²) in [5, 5.41) is 4.18. The van der Waals surface area contributed by atoms with E-state index < -0.39 is 0 Å². The molecule has 4 saturated carbocycles. The van der Waals surface area contributed by atoms with Crippen molar-refractivity contribution >= 4 is 5.91 Å². The molecule has 3 unspecified atom stereocenters. The zero-order valence-electron chi connectivity index (χ0n) is 18.1. The highest BCUT2D eigenvalue weighted by molar-refractivity contribution is 5.83. The van der Waals surface area contributed by atoms with Crippen molar-refractivity contribution in [3.8, 4) is 5.69 Å². The molecular weight excluding hydrogens is 360 g/mol. The lowest BCUT2D eigenvalue weighted by Gasteiger charge is -2.65. The number of rotatable bonds is 4. The van der Waals surface area contributed by atoms with E-state index in [0.29, 0.717) is 16.7 Å². The maximum atomic E-state index is 13.9. The number of amides is 1. The van der Waals surface area contributed by atoms with E-state index in [1.807, 2.05) is 24.1 Å². The average Bonchev–Trinajstić information content (AvgIpc) is 3.18. The van der Waals surface area contributed by atoms with Crippen LogP contribution in [0.3, 0.4) is 0 Å². The molecule has 4 fully saturated rings. The molecule has 0 N–H and O–H groups in total. The van der Waals surface area contributed by atoms with E-state index in [1.165, 1.54) is 25.6 Å². The van der Waals surface area contributed by atoms with Crippen molar-refractivity contribution in [2.24, 2.45) is 22.2 Å². The molecule has 3 atom stereocenters. The average molecular weight is 393 g/mol. The van der Waals surface area contributed by atoms with E-state index in [4.69, 9.17) is 0 Å². The van der Waals surface area contributed by atoms with Crippen LogP contribution in [0.4, 0.5) is 0 Å². The molecule has 1 aromatic carbocycles. The van der Waals surface area contributed by atoms with Gasteiger partial charge in [0.25, 0.3) is 0 Å². The number of hydrogen-bond donors (Lipinski definition) is 0. The lowest BCUT2D eigenvalue weighted by atomic mass is 9.40. The predicted molar refractivity (Wildman–Crippen MR) is 112 cm³/mol. The van der Waals surface area contributed by atoms with E-state index in [9.17, 15) is 4.79 Å². The maximum Gasteiger partial charge on any atom is 0.229 e. The smallest absolute Gasteiger partial charge is 0.229 e. The molecular formula is C24H32N4O.